The van der Waals surface area contributed by atoms with Crippen molar-refractivity contribution in [2.45, 2.75) is 0 Å². The van der Waals surface area contributed by atoms with E-state index in [4.69, 9.17) is 0 Å². The van der Waals surface area contributed by atoms with Crippen molar-refractivity contribution in [3.63, 3.8) is 0 Å². The maximum atomic E-state index is 12.6. The second kappa shape index (κ2) is 3.17. The highest BCUT2D eigenvalue weighted by atomic mass is 19.2. The molecule has 0 aliphatic carbocycles. The first-order chi connectivity index (χ1) is 5.63. The Kier molecular flexibility index (Phi) is 2.23. The van der Waals surface area contributed by atoms with Gasteiger partial charge in [0.2, 0.25) is 0 Å². The molecule has 0 saturated carbocycles. The average Bonchev–Trinajstić information content (AvgIpc) is 2.04. The van der Waals surface area contributed by atoms with Crippen LogP contribution >= 0.6 is 0 Å². The first-order valence-electron chi connectivity index (χ1n) is 3.04. The van der Waals surface area contributed by atoms with Crippen molar-refractivity contribution in [3.8, 4) is 0 Å². The Balaban J connectivity index is 3.02. The van der Waals surface area contributed by atoms with Crippen LogP contribution in [-0.4, -0.2) is 6.09 Å². The Morgan fingerprint density at radius 2 is 1.92 bits per heavy atom. The molecule has 0 atom stereocenters. The molecule has 12 heavy (non-hydrogen) atoms. The van der Waals surface area contributed by atoms with Crippen LogP contribution in [0.3, 0.4) is 0 Å². The van der Waals surface area contributed by atoms with Crippen molar-refractivity contribution < 1.29 is 18.8 Å². The Morgan fingerprint density at radius 1 is 1.33 bits per heavy atom. The van der Waals surface area contributed by atoms with Gasteiger partial charge in [-0.05, 0) is 12.1 Å². The largest absolute Gasteiger partial charge is 0.485 e. The number of carbonyl (C=O) groups excluding carboxylic acids is 1. The number of para-hydroxylation sites is 1. The van der Waals surface area contributed by atoms with E-state index < -0.39 is 22.7 Å². The van der Waals surface area contributed by atoms with E-state index in [0.717, 1.165) is 12.1 Å². The van der Waals surface area contributed by atoms with Gasteiger partial charge >= 0.3 is 6.09 Å². The quantitative estimate of drug-likeness (QED) is 0.597. The number of hydrogen-bond donors (Lipinski definition) is 0. The fourth-order valence-corrected chi connectivity index (χ4v) is 0.709. The molecule has 0 aromatic heterocycles. The Hall–Kier alpha value is -1.65. The van der Waals surface area contributed by atoms with Crippen LogP contribution in [0.25, 0.3) is 0 Å². The number of anilines is 1. The number of benzene rings is 1. The number of hydrogen-bond acceptors (Lipinski definition) is 1. The molecule has 1 amide bonds. The summed E-state index contributed by atoms with van der Waals surface area (Å²) in [7, 11) is 0. The van der Waals surface area contributed by atoms with Crippen molar-refractivity contribution in [2.24, 2.45) is 0 Å². The molecule has 0 unspecified atom stereocenters. The van der Waals surface area contributed by atoms with Gasteiger partial charge in [-0.15, -0.1) is 5.12 Å². The van der Waals surface area contributed by atoms with E-state index >= 15 is 0 Å². The predicted molar refractivity (Wildman–Crippen MR) is 36.1 cm³/mol. The second-order valence-corrected chi connectivity index (χ2v) is 2.00. The SMILES string of the molecule is [O]C(=O)N(F)c1ccccc1F. The minimum atomic E-state index is -2.10. The molecule has 0 bridgehead atoms. The summed E-state index contributed by atoms with van der Waals surface area (Å²) >= 11 is 0. The van der Waals surface area contributed by atoms with Crippen LogP contribution in [0, 0.1) is 5.82 Å². The van der Waals surface area contributed by atoms with E-state index in [2.05, 4.69) is 0 Å². The highest BCUT2D eigenvalue weighted by molar-refractivity contribution is 5.83. The van der Waals surface area contributed by atoms with Crippen molar-refractivity contribution >= 4 is 11.8 Å². The average molecular weight is 172 g/mol. The zero-order valence-corrected chi connectivity index (χ0v) is 5.83. The monoisotopic (exact) mass is 172 g/mol. The molecular formula is C7H4F2NO2. The number of halogens is 2. The maximum absolute atomic E-state index is 12.6. The normalized spacial score (nSPS) is 9.50. The van der Waals surface area contributed by atoms with Crippen molar-refractivity contribution in [1.82, 2.24) is 0 Å². The lowest BCUT2D eigenvalue weighted by Gasteiger charge is -2.05. The molecule has 0 saturated heterocycles. The Labute approximate surface area is 66.8 Å². The molecule has 0 heterocycles. The van der Waals surface area contributed by atoms with Gasteiger partial charge in [0.15, 0.2) is 0 Å². The molecule has 0 aliphatic rings. The van der Waals surface area contributed by atoms with Gasteiger partial charge in [0.1, 0.15) is 11.5 Å². The lowest BCUT2D eigenvalue weighted by Crippen LogP contribution is -2.18. The molecule has 0 aliphatic heterocycles. The molecule has 63 valence electrons. The minimum Gasteiger partial charge on any atom is -0.217 e. The fraction of sp³-hybridized carbons (Fsp3) is 0. The van der Waals surface area contributed by atoms with Crippen LogP contribution in [0.4, 0.5) is 19.4 Å². The van der Waals surface area contributed by atoms with Crippen LogP contribution in [-0.2, 0) is 5.11 Å². The van der Waals surface area contributed by atoms with Crippen LogP contribution in [0.15, 0.2) is 24.3 Å². The van der Waals surface area contributed by atoms with Gasteiger partial charge in [-0.2, -0.15) is 0 Å². The lowest BCUT2D eigenvalue weighted by molar-refractivity contribution is 0.161. The van der Waals surface area contributed by atoms with Crippen molar-refractivity contribution in [2.75, 3.05) is 5.12 Å². The van der Waals surface area contributed by atoms with Crippen LogP contribution in [0.5, 0.6) is 0 Å². The molecule has 0 fully saturated rings. The number of carbonyl (C=O) groups is 1. The predicted octanol–water partition coefficient (Wildman–Crippen LogP) is 2.07. The number of rotatable bonds is 1. The molecule has 1 aromatic rings. The summed E-state index contributed by atoms with van der Waals surface area (Å²) < 4.78 is 25.1. The summed E-state index contributed by atoms with van der Waals surface area (Å²) in [5.41, 5.74) is -0.669. The third kappa shape index (κ3) is 1.50. The summed E-state index contributed by atoms with van der Waals surface area (Å²) in [5.74, 6) is -0.954. The summed E-state index contributed by atoms with van der Waals surface area (Å²) in [5, 5.41) is 9.14. The Morgan fingerprint density at radius 3 is 2.42 bits per heavy atom. The van der Waals surface area contributed by atoms with Gasteiger partial charge in [0.05, 0.1) is 0 Å². The molecule has 1 radical (unpaired) electrons. The molecular weight excluding hydrogens is 168 g/mol. The highest BCUT2D eigenvalue weighted by Crippen LogP contribution is 2.18. The lowest BCUT2D eigenvalue weighted by atomic mass is 10.3. The van der Waals surface area contributed by atoms with Crippen molar-refractivity contribution in [3.05, 3.63) is 30.1 Å². The summed E-state index contributed by atoms with van der Waals surface area (Å²) in [6.45, 7) is 0. The summed E-state index contributed by atoms with van der Waals surface area (Å²) in [4.78, 5) is 9.93. The van der Waals surface area contributed by atoms with Gasteiger partial charge in [0.25, 0.3) is 0 Å². The van der Waals surface area contributed by atoms with Crippen LogP contribution in [0.1, 0.15) is 0 Å². The van der Waals surface area contributed by atoms with Gasteiger partial charge in [-0.1, -0.05) is 16.6 Å². The van der Waals surface area contributed by atoms with E-state index in [1.807, 2.05) is 0 Å². The molecule has 0 N–H and O–H groups in total. The van der Waals surface area contributed by atoms with E-state index in [1.165, 1.54) is 12.1 Å². The van der Waals surface area contributed by atoms with Gasteiger partial charge < -0.3 is 0 Å². The molecule has 1 aromatic carbocycles. The smallest absolute Gasteiger partial charge is 0.217 e. The number of amides is 1. The van der Waals surface area contributed by atoms with Gasteiger partial charge in [-0.25, -0.2) is 14.3 Å². The summed E-state index contributed by atoms with van der Waals surface area (Å²) in [6.07, 6.45) is -2.10. The first kappa shape index (κ1) is 8.45. The molecule has 0 spiro atoms. The molecule has 1 rings (SSSR count). The van der Waals surface area contributed by atoms with E-state index in [-0.39, 0.29) is 0 Å². The number of nitrogens with zero attached hydrogens (tertiary/aromatic N) is 1. The van der Waals surface area contributed by atoms with Crippen molar-refractivity contribution in [1.29, 1.82) is 0 Å². The third-order valence-electron chi connectivity index (χ3n) is 1.22. The first-order valence-corrected chi connectivity index (χ1v) is 3.04. The maximum Gasteiger partial charge on any atom is 0.485 e. The fourth-order valence-electron chi connectivity index (χ4n) is 0.709. The van der Waals surface area contributed by atoms with E-state index in [1.54, 1.807) is 0 Å². The molecule has 5 heteroatoms. The topological polar surface area (TPSA) is 40.2 Å². The second-order valence-electron chi connectivity index (χ2n) is 2.00. The minimum absolute atomic E-state index is 0.669. The third-order valence-corrected chi connectivity index (χ3v) is 1.22. The van der Waals surface area contributed by atoms with Crippen LogP contribution in [0.2, 0.25) is 0 Å². The standard InChI is InChI=1S/C7H4F2NO2/c8-5-3-1-2-4-6(5)10(9)7(11)12/h1-4H. The zero-order chi connectivity index (χ0) is 9.14. The zero-order valence-electron chi connectivity index (χ0n) is 5.83. The van der Waals surface area contributed by atoms with Crippen LogP contribution < -0.4 is 5.12 Å². The summed E-state index contributed by atoms with van der Waals surface area (Å²) in [6, 6.07) is 4.58. The van der Waals surface area contributed by atoms with Gasteiger partial charge in [-0.3, -0.25) is 0 Å². The van der Waals surface area contributed by atoms with E-state index in [0.29, 0.717) is 0 Å². The highest BCUT2D eigenvalue weighted by Gasteiger charge is 2.18. The van der Waals surface area contributed by atoms with Gasteiger partial charge in [0, 0.05) is 0 Å². The van der Waals surface area contributed by atoms with E-state index in [9.17, 15) is 18.8 Å². The molecule has 3 nitrogen and oxygen atoms in total. The Bertz CT molecular complexity index is 303.